The monoisotopic (exact) mass is 478 g/mol. The molecule has 2 aliphatic carbocycles. The molecule has 3 aliphatic heterocycles. The first kappa shape index (κ1) is 22.2. The van der Waals surface area contributed by atoms with Gasteiger partial charge in [0, 0.05) is 24.1 Å². The number of thioether (sulfide) groups is 1. The summed E-state index contributed by atoms with van der Waals surface area (Å²) in [4.78, 5) is 27.2. The van der Waals surface area contributed by atoms with Crippen molar-refractivity contribution in [3.8, 4) is 0 Å². The molecule has 1 amide bonds. The van der Waals surface area contributed by atoms with Gasteiger partial charge in [0.05, 0.1) is 17.8 Å². The molecule has 3 atom stereocenters. The molecular weight excluding hydrogens is 444 g/mol. The van der Waals surface area contributed by atoms with Crippen LogP contribution in [0.25, 0.3) is 0 Å². The van der Waals surface area contributed by atoms with E-state index in [0.29, 0.717) is 0 Å². The van der Waals surface area contributed by atoms with Crippen molar-refractivity contribution in [2.75, 3.05) is 24.2 Å². The van der Waals surface area contributed by atoms with Crippen molar-refractivity contribution in [2.45, 2.75) is 87.6 Å². The number of anilines is 1. The summed E-state index contributed by atoms with van der Waals surface area (Å²) in [6, 6.07) is 9.41. The van der Waals surface area contributed by atoms with Gasteiger partial charge in [-0.25, -0.2) is 14.8 Å². The van der Waals surface area contributed by atoms with Gasteiger partial charge in [0.1, 0.15) is 11.4 Å². The topological polar surface area (TPSA) is 58.6 Å². The molecule has 1 spiro atoms. The van der Waals surface area contributed by atoms with Gasteiger partial charge in [-0.3, -0.25) is 4.90 Å². The number of nitrogens with zero attached hydrogens (tertiary/aromatic N) is 4. The number of fused-ring (bicyclic) bond motifs is 5. The van der Waals surface area contributed by atoms with Gasteiger partial charge in [-0.2, -0.15) is 0 Å². The van der Waals surface area contributed by atoms with Gasteiger partial charge < -0.3 is 9.64 Å². The Morgan fingerprint density at radius 1 is 1.12 bits per heavy atom. The molecule has 0 N–H and O–H groups in total. The lowest BCUT2D eigenvalue weighted by atomic mass is 9.69. The first-order chi connectivity index (χ1) is 16.3. The molecule has 3 fully saturated rings. The van der Waals surface area contributed by atoms with Crippen LogP contribution in [-0.2, 0) is 29.4 Å². The van der Waals surface area contributed by atoms with Gasteiger partial charge in [-0.1, -0.05) is 36.0 Å². The number of aryl methyl sites for hydroxylation is 1. The fraction of sp³-hybridized carbons (Fsp3) is 0.593. The van der Waals surface area contributed by atoms with Gasteiger partial charge in [0.2, 0.25) is 0 Å². The molecule has 180 valence electrons. The summed E-state index contributed by atoms with van der Waals surface area (Å²) >= 11 is 1.63. The molecule has 3 unspecified atom stereocenters. The summed E-state index contributed by atoms with van der Waals surface area (Å²) < 4.78 is 5.67. The Bertz CT molecular complexity index is 1130. The number of carbonyl (C=O) groups is 1. The van der Waals surface area contributed by atoms with E-state index in [9.17, 15) is 4.79 Å². The fourth-order valence-corrected chi connectivity index (χ4v) is 7.01. The van der Waals surface area contributed by atoms with Crippen LogP contribution in [0.5, 0.6) is 0 Å². The molecule has 2 bridgehead atoms. The van der Waals surface area contributed by atoms with E-state index in [0.717, 1.165) is 49.7 Å². The normalized spacial score (nSPS) is 27.3. The maximum atomic E-state index is 12.7. The highest BCUT2D eigenvalue weighted by molar-refractivity contribution is 7.98. The van der Waals surface area contributed by atoms with Gasteiger partial charge in [-0.05, 0) is 76.7 Å². The van der Waals surface area contributed by atoms with Crippen LogP contribution in [0, 0.1) is 0 Å². The number of piperidine rings is 1. The summed E-state index contributed by atoms with van der Waals surface area (Å²) in [6.45, 7) is 7.43. The van der Waals surface area contributed by atoms with Crippen LogP contribution in [-0.4, -0.2) is 58.0 Å². The molecular formula is C27H34N4O2S. The Kier molecular flexibility index (Phi) is 5.14. The van der Waals surface area contributed by atoms with Gasteiger partial charge >= 0.3 is 6.09 Å². The largest absolute Gasteiger partial charge is 0.444 e. The van der Waals surface area contributed by atoms with E-state index in [2.05, 4.69) is 35.4 Å². The third kappa shape index (κ3) is 3.58. The van der Waals surface area contributed by atoms with Crippen LogP contribution in [0.1, 0.15) is 62.4 Å². The minimum absolute atomic E-state index is 0.176. The standard InChI is InChI=1S/C27H34N4O2S/c1-26(2,3)33-25(32)31-18-13-19(31)16-30(15-18)23-20-10-12-27(14-22(20)28-24(29-23)34-4)11-9-17-7-5-6-8-21(17)27/h5-8,18-19H,9-16H2,1-4H3. The maximum absolute atomic E-state index is 12.7. The van der Waals surface area contributed by atoms with E-state index < -0.39 is 5.60 Å². The molecule has 7 heteroatoms. The van der Waals surface area contributed by atoms with Gasteiger partial charge in [0.15, 0.2) is 5.16 Å². The van der Waals surface area contributed by atoms with Crippen LogP contribution in [0.3, 0.4) is 0 Å². The van der Waals surface area contributed by atoms with Gasteiger partial charge in [0.25, 0.3) is 0 Å². The number of piperazine rings is 1. The van der Waals surface area contributed by atoms with Crippen molar-refractivity contribution in [3.05, 3.63) is 46.6 Å². The lowest BCUT2D eigenvalue weighted by Gasteiger charge is -2.56. The lowest BCUT2D eigenvalue weighted by Crippen LogP contribution is -2.70. The number of hydrogen-bond donors (Lipinski definition) is 0. The zero-order chi connectivity index (χ0) is 23.7. The van der Waals surface area contributed by atoms with E-state index in [4.69, 9.17) is 14.7 Å². The smallest absolute Gasteiger partial charge is 0.410 e. The molecule has 3 saturated heterocycles. The second kappa shape index (κ2) is 7.87. The molecule has 4 heterocycles. The molecule has 34 heavy (non-hydrogen) atoms. The first-order valence-electron chi connectivity index (χ1n) is 12.5. The Labute approximate surface area is 206 Å². The predicted molar refractivity (Wildman–Crippen MR) is 135 cm³/mol. The van der Waals surface area contributed by atoms with E-state index in [1.807, 2.05) is 25.7 Å². The second-order valence-electron chi connectivity index (χ2n) is 11.4. The van der Waals surface area contributed by atoms with Crippen molar-refractivity contribution in [2.24, 2.45) is 0 Å². The SMILES string of the molecule is CSc1nc2c(c(N3CC4CC(C3)N4C(=O)OC(C)(C)C)n1)CCC1(CCc3ccccc31)C2. The number of rotatable bonds is 2. The zero-order valence-corrected chi connectivity index (χ0v) is 21.5. The van der Waals surface area contributed by atoms with Crippen LogP contribution in [0.15, 0.2) is 29.4 Å². The Morgan fingerprint density at radius 3 is 2.59 bits per heavy atom. The zero-order valence-electron chi connectivity index (χ0n) is 20.6. The predicted octanol–water partition coefficient (Wildman–Crippen LogP) is 4.77. The third-order valence-corrected chi connectivity index (χ3v) is 8.70. The number of ether oxygens (including phenoxy) is 1. The van der Waals surface area contributed by atoms with E-state index >= 15 is 0 Å². The number of carbonyl (C=O) groups excluding carboxylic acids is 1. The molecule has 7 rings (SSSR count). The van der Waals surface area contributed by atoms with Gasteiger partial charge in [-0.15, -0.1) is 0 Å². The highest BCUT2D eigenvalue weighted by atomic mass is 32.2. The number of amides is 1. The van der Waals surface area contributed by atoms with Crippen LogP contribution < -0.4 is 4.90 Å². The Balaban J connectivity index is 1.27. The van der Waals surface area contributed by atoms with Crippen molar-refractivity contribution in [3.63, 3.8) is 0 Å². The summed E-state index contributed by atoms with van der Waals surface area (Å²) in [5, 5.41) is 0.861. The minimum Gasteiger partial charge on any atom is -0.444 e. The maximum Gasteiger partial charge on any atom is 0.410 e. The molecule has 5 aliphatic rings. The summed E-state index contributed by atoms with van der Waals surface area (Å²) in [6.07, 6.45) is 8.53. The van der Waals surface area contributed by atoms with Crippen molar-refractivity contribution >= 4 is 23.7 Å². The van der Waals surface area contributed by atoms with E-state index in [-0.39, 0.29) is 23.6 Å². The van der Waals surface area contributed by atoms with Crippen LogP contribution in [0.2, 0.25) is 0 Å². The molecule has 1 aromatic heterocycles. The molecule has 1 aromatic carbocycles. The number of benzene rings is 1. The average Bonchev–Trinajstić information content (AvgIpc) is 3.14. The highest BCUT2D eigenvalue weighted by Gasteiger charge is 2.50. The number of aromatic nitrogens is 2. The Hall–Kier alpha value is -2.28. The molecule has 6 nitrogen and oxygen atoms in total. The minimum atomic E-state index is -0.464. The van der Waals surface area contributed by atoms with Crippen LogP contribution in [0.4, 0.5) is 10.6 Å². The van der Waals surface area contributed by atoms with Crippen LogP contribution >= 0.6 is 11.8 Å². The van der Waals surface area contributed by atoms with Crippen molar-refractivity contribution in [1.29, 1.82) is 0 Å². The lowest BCUT2D eigenvalue weighted by molar-refractivity contribution is -0.0381. The second-order valence-corrected chi connectivity index (χ2v) is 12.2. The summed E-state index contributed by atoms with van der Waals surface area (Å²) in [5.74, 6) is 1.11. The summed E-state index contributed by atoms with van der Waals surface area (Å²) in [7, 11) is 0. The van der Waals surface area contributed by atoms with E-state index in [1.54, 1.807) is 17.3 Å². The molecule has 0 saturated carbocycles. The first-order valence-corrected chi connectivity index (χ1v) is 13.8. The number of hydrogen-bond acceptors (Lipinski definition) is 6. The Morgan fingerprint density at radius 2 is 1.85 bits per heavy atom. The van der Waals surface area contributed by atoms with Crippen molar-refractivity contribution in [1.82, 2.24) is 14.9 Å². The third-order valence-electron chi connectivity index (χ3n) is 8.15. The fourth-order valence-electron chi connectivity index (χ4n) is 6.63. The molecule has 0 radical (unpaired) electrons. The summed E-state index contributed by atoms with van der Waals surface area (Å²) in [5.41, 5.74) is 5.39. The average molecular weight is 479 g/mol. The quantitative estimate of drug-likeness (QED) is 0.458. The van der Waals surface area contributed by atoms with Crippen molar-refractivity contribution < 1.29 is 9.53 Å². The highest BCUT2D eigenvalue weighted by Crippen LogP contribution is 2.49. The molecule has 2 aromatic rings. The van der Waals surface area contributed by atoms with E-state index in [1.165, 1.54) is 29.7 Å².